The Hall–Kier alpha value is -3.47. The van der Waals surface area contributed by atoms with Gasteiger partial charge in [0.1, 0.15) is 17.3 Å². The van der Waals surface area contributed by atoms with Gasteiger partial charge in [-0.05, 0) is 48.0 Å². The van der Waals surface area contributed by atoms with Crippen LogP contribution in [0.2, 0.25) is 0 Å². The molecule has 0 aliphatic heterocycles. The van der Waals surface area contributed by atoms with Crippen molar-refractivity contribution in [1.29, 1.82) is 0 Å². The van der Waals surface area contributed by atoms with E-state index in [0.717, 1.165) is 12.2 Å². The van der Waals surface area contributed by atoms with Crippen molar-refractivity contribution >= 4 is 23.8 Å². The molecule has 0 saturated heterocycles. The van der Waals surface area contributed by atoms with Gasteiger partial charge in [-0.15, -0.1) is 0 Å². The molecule has 0 heterocycles. The Morgan fingerprint density at radius 1 is 0.800 bits per heavy atom. The monoisotopic (exact) mass is 338 g/mol. The van der Waals surface area contributed by atoms with E-state index in [1.807, 2.05) is 0 Å². The van der Waals surface area contributed by atoms with Crippen molar-refractivity contribution < 1.29 is 23.5 Å². The molecule has 5 heteroatoms. The fourth-order valence-corrected chi connectivity index (χ4v) is 1.86. The van der Waals surface area contributed by atoms with Gasteiger partial charge in [-0.25, -0.2) is 14.0 Å². The lowest BCUT2D eigenvalue weighted by atomic mass is 10.1. The van der Waals surface area contributed by atoms with E-state index < -0.39 is 17.8 Å². The van der Waals surface area contributed by atoms with Crippen LogP contribution >= 0.6 is 0 Å². The maximum Gasteiger partial charge on any atom is 0.335 e. The molecule has 2 aromatic rings. The zero-order valence-corrected chi connectivity index (χ0v) is 13.3. The summed E-state index contributed by atoms with van der Waals surface area (Å²) in [6.45, 7) is 6.61. The van der Waals surface area contributed by atoms with Gasteiger partial charge in [-0.3, -0.25) is 0 Å². The van der Waals surface area contributed by atoms with E-state index in [-0.39, 0.29) is 0 Å². The van der Waals surface area contributed by atoms with E-state index in [0.29, 0.717) is 22.6 Å². The molecule has 0 radical (unpaired) electrons. The summed E-state index contributed by atoms with van der Waals surface area (Å²) in [5.41, 5.74) is 0.929. The molecule has 0 aliphatic rings. The Morgan fingerprint density at radius 2 is 1.24 bits per heavy atom. The van der Waals surface area contributed by atoms with Crippen LogP contribution in [-0.4, -0.2) is 11.9 Å². The normalized spacial score (nSPS) is 10.7. The first-order chi connectivity index (χ1) is 12.0. The number of carbonyl (C=O) groups excluding carboxylic acids is 2. The summed E-state index contributed by atoms with van der Waals surface area (Å²) in [5, 5.41) is 0. The molecule has 0 atom stereocenters. The minimum atomic E-state index is -0.582. The summed E-state index contributed by atoms with van der Waals surface area (Å²) >= 11 is 0. The predicted molar refractivity (Wildman–Crippen MR) is 93.5 cm³/mol. The van der Waals surface area contributed by atoms with Gasteiger partial charge in [-0.2, -0.15) is 0 Å². The Balaban J connectivity index is 2.09. The van der Waals surface area contributed by atoms with E-state index in [4.69, 9.17) is 9.47 Å². The number of esters is 2. The number of rotatable bonds is 6. The molecule has 0 saturated carbocycles. The lowest BCUT2D eigenvalue weighted by Crippen LogP contribution is -2.02. The largest absolute Gasteiger partial charge is 0.423 e. The number of hydrogen-bond acceptors (Lipinski definition) is 4. The Morgan fingerprint density at radius 3 is 1.68 bits per heavy atom. The molecule has 0 unspecified atom stereocenters. The van der Waals surface area contributed by atoms with Crippen LogP contribution in [0.3, 0.4) is 0 Å². The third-order valence-corrected chi connectivity index (χ3v) is 3.07. The zero-order chi connectivity index (χ0) is 18.2. The maximum absolute atomic E-state index is 14.3. The summed E-state index contributed by atoms with van der Waals surface area (Å²) < 4.78 is 24.2. The molecule has 0 N–H and O–H groups in total. The Kier molecular flexibility index (Phi) is 6.01. The van der Waals surface area contributed by atoms with Gasteiger partial charge in [-0.1, -0.05) is 25.3 Å². The number of ether oxygens (including phenoxy) is 2. The average Bonchev–Trinajstić information content (AvgIpc) is 2.63. The molecule has 25 heavy (non-hydrogen) atoms. The van der Waals surface area contributed by atoms with Crippen LogP contribution in [0.25, 0.3) is 11.9 Å². The smallest absolute Gasteiger partial charge is 0.335 e. The van der Waals surface area contributed by atoms with Gasteiger partial charge in [0, 0.05) is 17.7 Å². The summed E-state index contributed by atoms with van der Waals surface area (Å²) in [4.78, 5) is 22.2. The van der Waals surface area contributed by atoms with Gasteiger partial charge in [0.2, 0.25) is 0 Å². The Bertz CT molecular complexity index is 818. The second-order valence-corrected chi connectivity index (χ2v) is 4.84. The SMILES string of the molecule is C=CC(=O)Oc1ccc(C=C(F)c2ccc(OC(=O)C=C)cc2)cc1. The minimum Gasteiger partial charge on any atom is -0.423 e. The number of carbonyl (C=O) groups is 2. The zero-order valence-electron chi connectivity index (χ0n) is 13.3. The van der Waals surface area contributed by atoms with Crippen molar-refractivity contribution in [2.75, 3.05) is 0 Å². The van der Waals surface area contributed by atoms with E-state index in [9.17, 15) is 14.0 Å². The predicted octanol–water partition coefficient (Wildman–Crippen LogP) is 4.34. The van der Waals surface area contributed by atoms with Crippen LogP contribution < -0.4 is 9.47 Å². The van der Waals surface area contributed by atoms with E-state index in [1.54, 1.807) is 24.3 Å². The van der Waals surface area contributed by atoms with E-state index >= 15 is 0 Å². The summed E-state index contributed by atoms with van der Waals surface area (Å²) in [6.07, 6.45) is 3.44. The Labute approximate surface area is 144 Å². The molecule has 0 bridgehead atoms. The highest BCUT2D eigenvalue weighted by atomic mass is 19.1. The van der Waals surface area contributed by atoms with Crippen molar-refractivity contribution in [2.45, 2.75) is 0 Å². The van der Waals surface area contributed by atoms with Crippen LogP contribution in [0, 0.1) is 0 Å². The summed E-state index contributed by atoms with van der Waals surface area (Å²) in [5.74, 6) is -0.962. The molecule has 0 aliphatic carbocycles. The van der Waals surface area contributed by atoms with Crippen molar-refractivity contribution in [3.05, 3.63) is 85.0 Å². The number of benzene rings is 2. The summed E-state index contributed by atoms with van der Waals surface area (Å²) in [6, 6.07) is 12.3. The van der Waals surface area contributed by atoms with Gasteiger partial charge in [0.05, 0.1) is 0 Å². The first-order valence-electron chi connectivity index (χ1n) is 7.28. The van der Waals surface area contributed by atoms with E-state index in [1.165, 1.54) is 30.3 Å². The number of hydrogen-bond donors (Lipinski definition) is 0. The van der Waals surface area contributed by atoms with Crippen LogP contribution in [0.15, 0.2) is 73.8 Å². The van der Waals surface area contributed by atoms with Crippen molar-refractivity contribution in [2.24, 2.45) is 0 Å². The van der Waals surface area contributed by atoms with Gasteiger partial charge in [0.15, 0.2) is 0 Å². The quantitative estimate of drug-likeness (QED) is 0.340. The van der Waals surface area contributed by atoms with Gasteiger partial charge < -0.3 is 9.47 Å². The van der Waals surface area contributed by atoms with Crippen molar-refractivity contribution in [1.82, 2.24) is 0 Å². The minimum absolute atomic E-state index is 0.301. The molecular weight excluding hydrogens is 323 g/mol. The van der Waals surface area contributed by atoms with Crippen LogP contribution in [0.1, 0.15) is 11.1 Å². The van der Waals surface area contributed by atoms with Gasteiger partial charge >= 0.3 is 11.9 Å². The van der Waals surface area contributed by atoms with Crippen molar-refractivity contribution in [3.8, 4) is 11.5 Å². The average molecular weight is 338 g/mol. The molecule has 2 rings (SSSR count). The molecular formula is C20H15FO4. The number of halogens is 1. The fourth-order valence-electron chi connectivity index (χ4n) is 1.86. The topological polar surface area (TPSA) is 52.6 Å². The highest BCUT2D eigenvalue weighted by molar-refractivity contribution is 5.84. The molecule has 4 nitrogen and oxygen atoms in total. The standard InChI is InChI=1S/C20H15FO4/c1-3-19(22)24-16-9-5-14(6-10-16)13-18(21)15-7-11-17(12-8-15)25-20(23)4-2/h3-13H,1-2H2. The second kappa shape index (κ2) is 8.40. The lowest BCUT2D eigenvalue weighted by molar-refractivity contribution is -0.129. The first-order valence-corrected chi connectivity index (χ1v) is 7.28. The molecule has 2 aromatic carbocycles. The molecule has 0 fully saturated rings. The third-order valence-electron chi connectivity index (χ3n) is 3.07. The van der Waals surface area contributed by atoms with Gasteiger partial charge in [0.25, 0.3) is 0 Å². The van der Waals surface area contributed by atoms with E-state index in [2.05, 4.69) is 13.2 Å². The molecule has 0 amide bonds. The first kappa shape index (κ1) is 17.9. The second-order valence-electron chi connectivity index (χ2n) is 4.84. The maximum atomic E-state index is 14.3. The molecule has 0 aromatic heterocycles. The molecule has 126 valence electrons. The van der Waals surface area contributed by atoms with Crippen LogP contribution in [-0.2, 0) is 9.59 Å². The highest BCUT2D eigenvalue weighted by Crippen LogP contribution is 2.23. The van der Waals surface area contributed by atoms with Crippen LogP contribution in [0.4, 0.5) is 4.39 Å². The summed E-state index contributed by atoms with van der Waals surface area (Å²) in [7, 11) is 0. The fraction of sp³-hybridized carbons (Fsp3) is 0. The highest BCUT2D eigenvalue weighted by Gasteiger charge is 2.04. The molecule has 0 spiro atoms. The third kappa shape index (κ3) is 5.28. The lowest BCUT2D eigenvalue weighted by Gasteiger charge is -2.04. The van der Waals surface area contributed by atoms with Crippen LogP contribution in [0.5, 0.6) is 11.5 Å². The van der Waals surface area contributed by atoms with Crippen molar-refractivity contribution in [3.63, 3.8) is 0 Å².